The highest BCUT2D eigenvalue weighted by Gasteiger charge is 2.45. The molecule has 0 radical (unpaired) electrons. The van der Waals surface area contributed by atoms with E-state index in [1.165, 1.54) is 5.56 Å². The van der Waals surface area contributed by atoms with Gasteiger partial charge >= 0.3 is 0 Å². The first-order valence-electron chi connectivity index (χ1n) is 7.14. The lowest BCUT2D eigenvalue weighted by atomic mass is 9.71. The first kappa shape index (κ1) is 13.3. The highest BCUT2D eigenvalue weighted by Crippen LogP contribution is 2.51. The number of para-hydroxylation sites is 1. The fraction of sp³-hybridized carbons (Fsp3) is 0.562. The standard InChI is InChI=1S/C16H21NO3/c1-10(18)17-12-7-11-8-16(2,9-12)20-15-13(11)5-4-6-14(15)19-3/h4-6,11-12H,7-9H2,1-3H3,(H,17,18). The van der Waals surface area contributed by atoms with Crippen molar-refractivity contribution in [3.8, 4) is 11.5 Å². The van der Waals surface area contributed by atoms with Gasteiger partial charge in [-0.05, 0) is 31.7 Å². The summed E-state index contributed by atoms with van der Waals surface area (Å²) in [6.45, 7) is 3.70. The second kappa shape index (κ2) is 4.69. The number of hydrogen-bond donors (Lipinski definition) is 1. The van der Waals surface area contributed by atoms with E-state index in [1.807, 2.05) is 12.1 Å². The van der Waals surface area contributed by atoms with Crippen LogP contribution in [0.3, 0.4) is 0 Å². The van der Waals surface area contributed by atoms with Gasteiger partial charge in [0.25, 0.3) is 0 Å². The third-order valence-corrected chi connectivity index (χ3v) is 4.35. The number of benzene rings is 1. The normalized spacial score (nSPS) is 30.9. The van der Waals surface area contributed by atoms with Crippen molar-refractivity contribution in [3.63, 3.8) is 0 Å². The average Bonchev–Trinajstić information content (AvgIpc) is 2.36. The molecule has 1 N–H and O–H groups in total. The van der Waals surface area contributed by atoms with Crippen LogP contribution in [0.4, 0.5) is 0 Å². The van der Waals surface area contributed by atoms with Crippen LogP contribution < -0.4 is 14.8 Å². The predicted octanol–water partition coefficient (Wildman–Crippen LogP) is 2.62. The first-order chi connectivity index (χ1) is 9.50. The van der Waals surface area contributed by atoms with Gasteiger partial charge in [0.05, 0.1) is 7.11 Å². The third-order valence-electron chi connectivity index (χ3n) is 4.35. The molecular formula is C16H21NO3. The second-order valence-corrected chi connectivity index (χ2v) is 6.17. The van der Waals surface area contributed by atoms with E-state index in [-0.39, 0.29) is 17.6 Å². The monoisotopic (exact) mass is 275 g/mol. The Morgan fingerprint density at radius 2 is 2.25 bits per heavy atom. The van der Waals surface area contributed by atoms with Crippen molar-refractivity contribution >= 4 is 5.91 Å². The van der Waals surface area contributed by atoms with Gasteiger partial charge in [-0.15, -0.1) is 0 Å². The summed E-state index contributed by atoms with van der Waals surface area (Å²) in [4.78, 5) is 11.3. The largest absolute Gasteiger partial charge is 0.493 e. The van der Waals surface area contributed by atoms with Crippen LogP contribution in [0.1, 0.15) is 44.6 Å². The molecule has 1 aromatic rings. The van der Waals surface area contributed by atoms with Crippen LogP contribution in [0.2, 0.25) is 0 Å². The number of amides is 1. The number of hydrogen-bond acceptors (Lipinski definition) is 3. The van der Waals surface area contributed by atoms with E-state index in [0.29, 0.717) is 5.92 Å². The van der Waals surface area contributed by atoms with Crippen molar-refractivity contribution < 1.29 is 14.3 Å². The van der Waals surface area contributed by atoms with Gasteiger partial charge in [-0.25, -0.2) is 0 Å². The topological polar surface area (TPSA) is 47.6 Å². The molecule has 2 aliphatic rings. The van der Waals surface area contributed by atoms with Crippen molar-refractivity contribution in [2.45, 2.75) is 50.7 Å². The highest BCUT2D eigenvalue weighted by molar-refractivity contribution is 5.73. The molecule has 3 rings (SSSR count). The lowest BCUT2D eigenvalue weighted by molar-refractivity contribution is -0.120. The molecule has 1 amide bonds. The molecule has 4 nitrogen and oxygen atoms in total. The van der Waals surface area contributed by atoms with Gasteiger partial charge in [0.2, 0.25) is 5.91 Å². The van der Waals surface area contributed by atoms with E-state index < -0.39 is 0 Å². The fourth-order valence-electron chi connectivity index (χ4n) is 3.72. The van der Waals surface area contributed by atoms with Crippen LogP contribution in [0, 0.1) is 0 Å². The van der Waals surface area contributed by atoms with E-state index in [4.69, 9.17) is 9.47 Å². The maximum Gasteiger partial charge on any atom is 0.217 e. The zero-order valence-corrected chi connectivity index (χ0v) is 12.2. The number of ether oxygens (including phenoxy) is 2. The molecule has 2 bridgehead atoms. The van der Waals surface area contributed by atoms with E-state index in [9.17, 15) is 4.79 Å². The number of carbonyl (C=O) groups is 1. The van der Waals surface area contributed by atoms with Crippen molar-refractivity contribution in [1.29, 1.82) is 0 Å². The summed E-state index contributed by atoms with van der Waals surface area (Å²) < 4.78 is 11.7. The van der Waals surface area contributed by atoms with Gasteiger partial charge in [-0.1, -0.05) is 12.1 Å². The predicted molar refractivity (Wildman–Crippen MR) is 76.2 cm³/mol. The molecule has 1 aliphatic carbocycles. The summed E-state index contributed by atoms with van der Waals surface area (Å²) in [6, 6.07) is 6.24. The molecule has 0 spiro atoms. The maximum atomic E-state index is 11.3. The quantitative estimate of drug-likeness (QED) is 0.902. The zero-order valence-electron chi connectivity index (χ0n) is 12.2. The maximum absolute atomic E-state index is 11.3. The molecule has 3 unspecified atom stereocenters. The molecule has 1 saturated carbocycles. The number of rotatable bonds is 2. The molecular weight excluding hydrogens is 254 g/mol. The van der Waals surface area contributed by atoms with Gasteiger partial charge < -0.3 is 14.8 Å². The minimum absolute atomic E-state index is 0.0319. The lowest BCUT2D eigenvalue weighted by Crippen LogP contribution is -2.51. The van der Waals surface area contributed by atoms with E-state index >= 15 is 0 Å². The highest BCUT2D eigenvalue weighted by atomic mass is 16.5. The smallest absolute Gasteiger partial charge is 0.217 e. The molecule has 3 atom stereocenters. The van der Waals surface area contributed by atoms with Crippen LogP contribution in [0.25, 0.3) is 0 Å². The van der Waals surface area contributed by atoms with Crippen molar-refractivity contribution in [3.05, 3.63) is 23.8 Å². The van der Waals surface area contributed by atoms with E-state index in [0.717, 1.165) is 30.8 Å². The van der Waals surface area contributed by atoms with E-state index in [2.05, 4.69) is 18.3 Å². The molecule has 0 aromatic heterocycles. The Balaban J connectivity index is 1.95. The average molecular weight is 275 g/mol. The number of carbonyl (C=O) groups excluding carboxylic acids is 1. The molecule has 108 valence electrons. The van der Waals surface area contributed by atoms with Crippen LogP contribution in [0.15, 0.2) is 18.2 Å². The molecule has 4 heteroatoms. The van der Waals surface area contributed by atoms with Crippen LogP contribution in [-0.2, 0) is 4.79 Å². The Morgan fingerprint density at radius 1 is 1.45 bits per heavy atom. The second-order valence-electron chi connectivity index (χ2n) is 6.17. The molecule has 20 heavy (non-hydrogen) atoms. The third kappa shape index (κ3) is 2.23. The van der Waals surface area contributed by atoms with Crippen molar-refractivity contribution in [1.82, 2.24) is 5.32 Å². The van der Waals surface area contributed by atoms with Crippen molar-refractivity contribution in [2.24, 2.45) is 0 Å². The van der Waals surface area contributed by atoms with Crippen molar-refractivity contribution in [2.75, 3.05) is 7.11 Å². The fourth-order valence-corrected chi connectivity index (χ4v) is 3.72. The van der Waals surface area contributed by atoms with Gasteiger partial charge in [0.1, 0.15) is 5.60 Å². The minimum Gasteiger partial charge on any atom is -0.493 e. The summed E-state index contributed by atoms with van der Waals surface area (Å²) in [6.07, 6.45) is 2.82. The Bertz CT molecular complexity index is 543. The summed E-state index contributed by atoms with van der Waals surface area (Å²) in [5, 5.41) is 3.04. The van der Waals surface area contributed by atoms with Crippen LogP contribution in [0.5, 0.6) is 11.5 Å². The summed E-state index contributed by atoms with van der Waals surface area (Å²) >= 11 is 0. The number of nitrogens with one attached hydrogen (secondary N) is 1. The van der Waals surface area contributed by atoms with Gasteiger partial charge in [-0.2, -0.15) is 0 Å². The number of methoxy groups -OCH3 is 1. The summed E-state index contributed by atoms with van der Waals surface area (Å²) in [5.41, 5.74) is 0.981. The molecule has 1 aliphatic heterocycles. The first-order valence-corrected chi connectivity index (χ1v) is 7.14. The molecule has 1 heterocycles. The van der Waals surface area contributed by atoms with Crippen LogP contribution in [-0.4, -0.2) is 24.7 Å². The Labute approximate surface area is 119 Å². The number of fused-ring (bicyclic) bond motifs is 4. The van der Waals surface area contributed by atoms with Gasteiger partial charge in [-0.3, -0.25) is 4.79 Å². The lowest BCUT2D eigenvalue weighted by Gasteiger charge is -2.47. The SMILES string of the molecule is COc1cccc2c1OC1(C)CC(NC(C)=O)CC2C1. The van der Waals surface area contributed by atoms with Crippen LogP contribution >= 0.6 is 0 Å². The minimum atomic E-state index is -0.225. The van der Waals surface area contributed by atoms with Gasteiger partial charge in [0, 0.05) is 24.9 Å². The zero-order chi connectivity index (χ0) is 14.3. The Morgan fingerprint density at radius 3 is 2.95 bits per heavy atom. The summed E-state index contributed by atoms with van der Waals surface area (Å²) in [5.74, 6) is 2.14. The Kier molecular flexibility index (Phi) is 3.11. The Hall–Kier alpha value is -1.71. The summed E-state index contributed by atoms with van der Waals surface area (Å²) in [7, 11) is 1.67. The molecule has 0 saturated heterocycles. The van der Waals surface area contributed by atoms with Gasteiger partial charge in [0.15, 0.2) is 11.5 Å². The van der Waals surface area contributed by atoms with E-state index in [1.54, 1.807) is 14.0 Å². The molecule has 1 fully saturated rings. The molecule has 1 aromatic carbocycles.